The summed E-state index contributed by atoms with van der Waals surface area (Å²) >= 11 is 0. The zero-order chi connectivity index (χ0) is 15.6. The van der Waals surface area contributed by atoms with Crippen LogP contribution in [0.3, 0.4) is 0 Å². The van der Waals surface area contributed by atoms with Gasteiger partial charge in [0.1, 0.15) is 11.8 Å². The zero-order valence-corrected chi connectivity index (χ0v) is 13.0. The standard InChI is InChI=1S/C16H22N2O3/c1-16(2,3)14-15(20)18(10-9-13(19)17-14)11-5-7-12(21-4)8-6-11/h5-8,14H,9-10H2,1-4H3,(H,17,19). The summed E-state index contributed by atoms with van der Waals surface area (Å²) < 4.78 is 5.13. The maximum absolute atomic E-state index is 12.8. The molecule has 114 valence electrons. The Morgan fingerprint density at radius 2 is 1.81 bits per heavy atom. The van der Waals surface area contributed by atoms with Gasteiger partial charge in [0.2, 0.25) is 11.8 Å². The number of carbonyl (C=O) groups excluding carboxylic acids is 2. The second kappa shape index (κ2) is 5.76. The monoisotopic (exact) mass is 290 g/mol. The molecule has 1 N–H and O–H groups in total. The van der Waals surface area contributed by atoms with Gasteiger partial charge >= 0.3 is 0 Å². The van der Waals surface area contributed by atoms with Crippen LogP contribution in [0.5, 0.6) is 5.75 Å². The van der Waals surface area contributed by atoms with Crippen LogP contribution in [0.15, 0.2) is 24.3 Å². The molecule has 1 aliphatic heterocycles. The molecule has 0 bridgehead atoms. The average Bonchev–Trinajstić information content (AvgIpc) is 2.58. The number of rotatable bonds is 2. The van der Waals surface area contributed by atoms with E-state index < -0.39 is 6.04 Å². The number of amides is 2. The fourth-order valence-electron chi connectivity index (χ4n) is 2.38. The number of hydrogen-bond donors (Lipinski definition) is 1. The highest BCUT2D eigenvalue weighted by atomic mass is 16.5. The topological polar surface area (TPSA) is 58.6 Å². The lowest BCUT2D eigenvalue weighted by molar-refractivity contribution is -0.127. The number of nitrogens with one attached hydrogen (secondary N) is 1. The van der Waals surface area contributed by atoms with Gasteiger partial charge in [-0.3, -0.25) is 9.59 Å². The van der Waals surface area contributed by atoms with E-state index >= 15 is 0 Å². The molecule has 1 aromatic carbocycles. The summed E-state index contributed by atoms with van der Waals surface area (Å²) in [6, 6.07) is 6.79. The van der Waals surface area contributed by atoms with Crippen molar-refractivity contribution in [2.45, 2.75) is 33.2 Å². The molecule has 1 aromatic rings. The highest BCUT2D eigenvalue weighted by Gasteiger charge is 2.38. The lowest BCUT2D eigenvalue weighted by Crippen LogP contribution is -2.52. The summed E-state index contributed by atoms with van der Waals surface area (Å²) in [6.07, 6.45) is 0.310. The normalized spacial score (nSPS) is 20.0. The summed E-state index contributed by atoms with van der Waals surface area (Å²) in [7, 11) is 1.60. The van der Waals surface area contributed by atoms with Crippen molar-refractivity contribution in [2.24, 2.45) is 5.41 Å². The van der Waals surface area contributed by atoms with E-state index in [1.165, 1.54) is 0 Å². The molecule has 0 spiro atoms. The number of nitrogens with zero attached hydrogens (tertiary/aromatic N) is 1. The fourth-order valence-corrected chi connectivity index (χ4v) is 2.38. The Kier molecular flexibility index (Phi) is 4.21. The van der Waals surface area contributed by atoms with E-state index in [1.54, 1.807) is 12.0 Å². The van der Waals surface area contributed by atoms with Crippen molar-refractivity contribution in [3.8, 4) is 5.75 Å². The van der Waals surface area contributed by atoms with Gasteiger partial charge in [-0.25, -0.2) is 0 Å². The molecule has 1 aliphatic rings. The van der Waals surface area contributed by atoms with Crippen LogP contribution in [0.25, 0.3) is 0 Å². The molecular formula is C16H22N2O3. The maximum atomic E-state index is 12.8. The molecule has 1 fully saturated rings. The molecule has 1 saturated heterocycles. The second-order valence-corrected chi connectivity index (χ2v) is 6.30. The molecule has 5 heteroatoms. The molecule has 21 heavy (non-hydrogen) atoms. The minimum atomic E-state index is -0.519. The number of anilines is 1. The lowest BCUT2D eigenvalue weighted by atomic mass is 9.86. The third-order valence-electron chi connectivity index (χ3n) is 3.63. The van der Waals surface area contributed by atoms with Crippen molar-refractivity contribution in [3.63, 3.8) is 0 Å². The van der Waals surface area contributed by atoms with E-state index in [1.807, 2.05) is 45.0 Å². The van der Waals surface area contributed by atoms with Crippen LogP contribution in [0.1, 0.15) is 27.2 Å². The van der Waals surface area contributed by atoms with Crippen LogP contribution < -0.4 is 15.0 Å². The largest absolute Gasteiger partial charge is 0.497 e. The minimum absolute atomic E-state index is 0.0708. The first-order chi connectivity index (χ1) is 9.82. The predicted octanol–water partition coefficient (Wildman–Crippen LogP) is 1.96. The number of methoxy groups -OCH3 is 1. The third-order valence-corrected chi connectivity index (χ3v) is 3.63. The third kappa shape index (κ3) is 3.35. The average molecular weight is 290 g/mol. The van der Waals surface area contributed by atoms with E-state index in [9.17, 15) is 9.59 Å². The number of benzene rings is 1. The van der Waals surface area contributed by atoms with E-state index in [2.05, 4.69) is 5.32 Å². The Balaban J connectivity index is 2.32. The van der Waals surface area contributed by atoms with Crippen LogP contribution >= 0.6 is 0 Å². The van der Waals surface area contributed by atoms with Gasteiger partial charge in [-0.2, -0.15) is 0 Å². The molecule has 1 heterocycles. The van der Waals surface area contributed by atoms with Gasteiger partial charge in [0.05, 0.1) is 7.11 Å². The van der Waals surface area contributed by atoms with Gasteiger partial charge < -0.3 is 15.0 Å². The lowest BCUT2D eigenvalue weighted by Gasteiger charge is -2.32. The Morgan fingerprint density at radius 1 is 1.19 bits per heavy atom. The van der Waals surface area contributed by atoms with Gasteiger partial charge in [-0.05, 0) is 29.7 Å². The summed E-state index contributed by atoms with van der Waals surface area (Å²) in [6.45, 7) is 6.25. The van der Waals surface area contributed by atoms with Crippen LogP contribution in [0.4, 0.5) is 5.69 Å². The van der Waals surface area contributed by atoms with E-state index in [0.717, 1.165) is 11.4 Å². The van der Waals surface area contributed by atoms with Crippen LogP contribution in [-0.2, 0) is 9.59 Å². The van der Waals surface area contributed by atoms with Crippen molar-refractivity contribution in [1.29, 1.82) is 0 Å². The highest BCUT2D eigenvalue weighted by molar-refractivity contribution is 6.01. The Hall–Kier alpha value is -2.04. The first-order valence-electron chi connectivity index (χ1n) is 7.08. The molecule has 5 nitrogen and oxygen atoms in total. The molecule has 2 amide bonds. The van der Waals surface area contributed by atoms with E-state index in [-0.39, 0.29) is 17.2 Å². The molecule has 2 rings (SSSR count). The Morgan fingerprint density at radius 3 is 2.33 bits per heavy atom. The summed E-state index contributed by atoms with van der Waals surface area (Å²) in [5.74, 6) is 0.584. The van der Waals surface area contributed by atoms with E-state index in [4.69, 9.17) is 4.74 Å². The van der Waals surface area contributed by atoms with Crippen LogP contribution in [0, 0.1) is 5.41 Å². The Labute approximate surface area is 125 Å². The highest BCUT2D eigenvalue weighted by Crippen LogP contribution is 2.27. The van der Waals surface area contributed by atoms with Crippen LogP contribution in [-0.4, -0.2) is 31.5 Å². The molecule has 0 radical (unpaired) electrons. The Bertz CT molecular complexity index is 531. The van der Waals surface area contributed by atoms with Gasteiger partial charge in [-0.1, -0.05) is 20.8 Å². The molecule has 0 aliphatic carbocycles. The van der Waals surface area contributed by atoms with Crippen molar-refractivity contribution in [1.82, 2.24) is 5.32 Å². The van der Waals surface area contributed by atoms with Crippen molar-refractivity contribution < 1.29 is 14.3 Å². The zero-order valence-electron chi connectivity index (χ0n) is 13.0. The predicted molar refractivity (Wildman–Crippen MR) is 81.3 cm³/mol. The molecule has 1 unspecified atom stereocenters. The summed E-state index contributed by atoms with van der Waals surface area (Å²) in [5.41, 5.74) is 0.452. The molecule has 0 aromatic heterocycles. The second-order valence-electron chi connectivity index (χ2n) is 6.30. The van der Waals surface area contributed by atoms with Crippen LogP contribution in [0.2, 0.25) is 0 Å². The minimum Gasteiger partial charge on any atom is -0.497 e. The number of hydrogen-bond acceptors (Lipinski definition) is 3. The van der Waals surface area contributed by atoms with Gasteiger partial charge in [-0.15, -0.1) is 0 Å². The number of carbonyl (C=O) groups is 2. The number of ether oxygens (including phenoxy) is 1. The summed E-state index contributed by atoms with van der Waals surface area (Å²) in [5, 5.41) is 2.84. The van der Waals surface area contributed by atoms with Gasteiger partial charge in [0.25, 0.3) is 0 Å². The van der Waals surface area contributed by atoms with Gasteiger partial charge in [0, 0.05) is 18.7 Å². The smallest absolute Gasteiger partial charge is 0.250 e. The molecule has 1 atom stereocenters. The van der Waals surface area contributed by atoms with Crippen molar-refractivity contribution in [2.75, 3.05) is 18.6 Å². The van der Waals surface area contributed by atoms with Crippen molar-refractivity contribution in [3.05, 3.63) is 24.3 Å². The van der Waals surface area contributed by atoms with Crippen molar-refractivity contribution >= 4 is 17.5 Å². The first-order valence-corrected chi connectivity index (χ1v) is 7.08. The van der Waals surface area contributed by atoms with Gasteiger partial charge in [0.15, 0.2) is 0 Å². The van der Waals surface area contributed by atoms with E-state index in [0.29, 0.717) is 13.0 Å². The summed E-state index contributed by atoms with van der Waals surface area (Å²) in [4.78, 5) is 26.3. The molecule has 0 saturated carbocycles. The SMILES string of the molecule is COc1ccc(N2CCC(=O)NC(C(C)(C)C)C2=O)cc1. The first kappa shape index (κ1) is 15.4. The maximum Gasteiger partial charge on any atom is 0.250 e. The molecular weight excluding hydrogens is 268 g/mol. The fraction of sp³-hybridized carbons (Fsp3) is 0.500. The quantitative estimate of drug-likeness (QED) is 0.906.